The summed E-state index contributed by atoms with van der Waals surface area (Å²) in [6, 6.07) is 8.73. The number of carbonyl (C=O) groups is 1. The Bertz CT molecular complexity index is 597. The van der Waals surface area contributed by atoms with Crippen LogP contribution >= 0.6 is 27.3 Å². The van der Waals surface area contributed by atoms with Crippen molar-refractivity contribution < 1.29 is 14.6 Å². The first kappa shape index (κ1) is 13.9. The Labute approximate surface area is 123 Å². The number of carboxylic acid groups (broad SMARTS) is 1. The van der Waals surface area contributed by atoms with Crippen LogP contribution < -0.4 is 10.1 Å². The van der Waals surface area contributed by atoms with Gasteiger partial charge in [0, 0.05) is 11.4 Å². The number of carboxylic acids is 1. The molecule has 0 amide bonds. The lowest BCUT2D eigenvalue weighted by molar-refractivity contribution is 0.0697. The zero-order valence-corrected chi connectivity index (χ0v) is 12.5. The van der Waals surface area contributed by atoms with Crippen LogP contribution in [0.1, 0.15) is 15.2 Å². The number of methoxy groups -OCH3 is 1. The Morgan fingerprint density at radius 1 is 1.42 bits per heavy atom. The van der Waals surface area contributed by atoms with Gasteiger partial charge in [0.1, 0.15) is 5.75 Å². The number of aromatic carboxylic acids is 1. The topological polar surface area (TPSA) is 58.6 Å². The first-order chi connectivity index (χ1) is 9.10. The maximum atomic E-state index is 11.0. The molecular weight excluding hydrogens is 330 g/mol. The number of hydrogen-bond acceptors (Lipinski definition) is 4. The molecule has 4 nitrogen and oxygen atoms in total. The van der Waals surface area contributed by atoms with Crippen molar-refractivity contribution in [3.05, 3.63) is 44.6 Å². The predicted molar refractivity (Wildman–Crippen MR) is 79.3 cm³/mol. The molecule has 19 heavy (non-hydrogen) atoms. The summed E-state index contributed by atoms with van der Waals surface area (Å²) in [4.78, 5) is 12.1. The fourth-order valence-corrected chi connectivity index (χ4v) is 3.03. The molecule has 6 heteroatoms. The fraction of sp³-hybridized carbons (Fsp3) is 0.154. The van der Waals surface area contributed by atoms with Gasteiger partial charge in [0.2, 0.25) is 0 Å². The van der Waals surface area contributed by atoms with Gasteiger partial charge in [0.25, 0.3) is 0 Å². The average Bonchev–Trinajstić information content (AvgIpc) is 2.81. The maximum absolute atomic E-state index is 11.0. The number of thiophene rings is 1. The van der Waals surface area contributed by atoms with Crippen molar-refractivity contribution in [1.82, 2.24) is 0 Å². The lowest BCUT2D eigenvalue weighted by Crippen LogP contribution is -2.03. The molecule has 1 heterocycles. The summed E-state index contributed by atoms with van der Waals surface area (Å²) in [5, 5.41) is 12.2. The molecule has 0 spiro atoms. The lowest BCUT2D eigenvalue weighted by Gasteiger charge is -2.11. The second-order valence-electron chi connectivity index (χ2n) is 3.78. The van der Waals surface area contributed by atoms with Crippen LogP contribution in [0, 0.1) is 0 Å². The summed E-state index contributed by atoms with van der Waals surface area (Å²) in [6.07, 6.45) is 0. The third-order valence-corrected chi connectivity index (χ3v) is 4.15. The van der Waals surface area contributed by atoms with E-state index in [0.29, 0.717) is 18.0 Å². The molecule has 100 valence electrons. The predicted octanol–water partition coefficient (Wildman–Crippen LogP) is 3.83. The molecule has 1 aromatic heterocycles. The normalized spacial score (nSPS) is 10.2. The number of ether oxygens (including phenoxy) is 1. The summed E-state index contributed by atoms with van der Waals surface area (Å²) in [7, 11) is 1.56. The van der Waals surface area contributed by atoms with Crippen molar-refractivity contribution >= 4 is 38.9 Å². The smallest absolute Gasteiger partial charge is 0.335 e. The number of benzene rings is 1. The number of halogens is 1. The Morgan fingerprint density at radius 2 is 2.21 bits per heavy atom. The lowest BCUT2D eigenvalue weighted by atomic mass is 10.2. The highest BCUT2D eigenvalue weighted by atomic mass is 79.9. The van der Waals surface area contributed by atoms with Crippen molar-refractivity contribution in [2.45, 2.75) is 6.54 Å². The molecule has 0 bridgehead atoms. The molecule has 0 aliphatic carbocycles. The van der Waals surface area contributed by atoms with E-state index in [9.17, 15) is 4.79 Å². The monoisotopic (exact) mass is 341 g/mol. The van der Waals surface area contributed by atoms with Crippen molar-refractivity contribution in [2.24, 2.45) is 0 Å². The van der Waals surface area contributed by atoms with Gasteiger partial charge in [-0.2, -0.15) is 0 Å². The van der Waals surface area contributed by atoms with E-state index in [2.05, 4.69) is 21.2 Å². The summed E-state index contributed by atoms with van der Waals surface area (Å²) in [6.45, 7) is 0.621. The van der Waals surface area contributed by atoms with Crippen LogP contribution in [0.25, 0.3) is 0 Å². The minimum atomic E-state index is -0.954. The molecule has 0 atom stereocenters. The van der Waals surface area contributed by atoms with Gasteiger partial charge in [-0.3, -0.25) is 0 Å². The van der Waals surface area contributed by atoms with Gasteiger partial charge in [0.15, 0.2) is 0 Å². The number of hydrogen-bond donors (Lipinski definition) is 2. The van der Waals surface area contributed by atoms with E-state index in [0.717, 1.165) is 8.66 Å². The molecule has 0 fully saturated rings. The van der Waals surface area contributed by atoms with Gasteiger partial charge < -0.3 is 15.2 Å². The largest absolute Gasteiger partial charge is 0.495 e. The zero-order valence-electron chi connectivity index (χ0n) is 10.1. The van der Waals surface area contributed by atoms with E-state index in [1.807, 2.05) is 12.1 Å². The third-order valence-electron chi connectivity index (χ3n) is 2.53. The highest BCUT2D eigenvalue weighted by molar-refractivity contribution is 9.11. The Morgan fingerprint density at radius 3 is 2.79 bits per heavy atom. The van der Waals surface area contributed by atoms with Crippen LogP contribution in [0.15, 0.2) is 34.1 Å². The highest BCUT2D eigenvalue weighted by Gasteiger charge is 2.09. The summed E-state index contributed by atoms with van der Waals surface area (Å²) >= 11 is 5.03. The highest BCUT2D eigenvalue weighted by Crippen LogP contribution is 2.28. The van der Waals surface area contributed by atoms with Crippen LogP contribution in [0.3, 0.4) is 0 Å². The van der Waals surface area contributed by atoms with Crippen LogP contribution in [-0.4, -0.2) is 18.2 Å². The molecule has 0 saturated carbocycles. The second-order valence-corrected chi connectivity index (χ2v) is 6.33. The van der Waals surface area contributed by atoms with Crippen molar-refractivity contribution in [2.75, 3.05) is 12.4 Å². The Kier molecular flexibility index (Phi) is 4.44. The molecule has 2 aromatic rings. The molecule has 0 saturated heterocycles. The summed E-state index contributed by atoms with van der Waals surface area (Å²) < 4.78 is 6.28. The molecule has 0 radical (unpaired) electrons. The number of nitrogens with one attached hydrogen (secondary N) is 1. The van der Waals surface area contributed by atoms with Gasteiger partial charge in [-0.15, -0.1) is 11.3 Å². The second kappa shape index (κ2) is 6.08. The third kappa shape index (κ3) is 3.48. The van der Waals surface area contributed by atoms with Gasteiger partial charge >= 0.3 is 5.97 Å². The number of anilines is 1. The fourth-order valence-electron chi connectivity index (χ4n) is 1.61. The van der Waals surface area contributed by atoms with Crippen LogP contribution in [0.5, 0.6) is 5.75 Å². The van der Waals surface area contributed by atoms with Gasteiger partial charge in [-0.1, -0.05) is 0 Å². The summed E-state index contributed by atoms with van der Waals surface area (Å²) in [5.41, 5.74) is 0.905. The van der Waals surface area contributed by atoms with Crippen molar-refractivity contribution in [3.8, 4) is 5.75 Å². The van der Waals surface area contributed by atoms with E-state index < -0.39 is 5.97 Å². The average molecular weight is 342 g/mol. The zero-order chi connectivity index (χ0) is 13.8. The van der Waals surface area contributed by atoms with E-state index in [-0.39, 0.29) is 5.56 Å². The summed E-state index contributed by atoms with van der Waals surface area (Å²) in [5.74, 6) is -0.329. The minimum absolute atomic E-state index is 0.232. The van der Waals surface area contributed by atoms with Crippen LogP contribution in [-0.2, 0) is 6.54 Å². The molecule has 2 N–H and O–H groups in total. The number of rotatable bonds is 5. The standard InChI is InChI=1S/C13H12BrNO3S/c1-18-11-4-2-8(13(16)17)6-10(11)15-7-9-3-5-12(14)19-9/h2-6,15H,7H2,1H3,(H,16,17). The van der Waals surface area contributed by atoms with E-state index in [4.69, 9.17) is 9.84 Å². The molecule has 0 aliphatic rings. The van der Waals surface area contributed by atoms with E-state index >= 15 is 0 Å². The first-order valence-electron chi connectivity index (χ1n) is 5.49. The van der Waals surface area contributed by atoms with E-state index in [1.54, 1.807) is 30.6 Å². The van der Waals surface area contributed by atoms with Crippen molar-refractivity contribution in [1.29, 1.82) is 0 Å². The molecule has 0 unspecified atom stereocenters. The minimum Gasteiger partial charge on any atom is -0.495 e. The molecule has 0 aliphatic heterocycles. The SMILES string of the molecule is COc1ccc(C(=O)O)cc1NCc1ccc(Br)s1. The Hall–Kier alpha value is -1.53. The molecular formula is C13H12BrNO3S. The molecule has 2 rings (SSSR count). The van der Waals surface area contributed by atoms with Gasteiger partial charge in [-0.05, 0) is 46.3 Å². The van der Waals surface area contributed by atoms with Crippen LogP contribution in [0.4, 0.5) is 5.69 Å². The van der Waals surface area contributed by atoms with Gasteiger partial charge in [0.05, 0.1) is 22.1 Å². The van der Waals surface area contributed by atoms with Crippen molar-refractivity contribution in [3.63, 3.8) is 0 Å². The first-order valence-corrected chi connectivity index (χ1v) is 7.10. The quantitative estimate of drug-likeness (QED) is 0.867. The van der Waals surface area contributed by atoms with Gasteiger partial charge in [-0.25, -0.2) is 4.79 Å². The maximum Gasteiger partial charge on any atom is 0.335 e. The van der Waals surface area contributed by atoms with E-state index in [1.165, 1.54) is 6.07 Å². The molecule has 1 aromatic carbocycles. The van der Waals surface area contributed by atoms with Crippen LogP contribution in [0.2, 0.25) is 0 Å². The Balaban J connectivity index is 2.17.